The monoisotopic (exact) mass is 1300 g/mol. The van der Waals surface area contributed by atoms with E-state index in [1.165, 1.54) is 186 Å². The lowest BCUT2D eigenvalue weighted by molar-refractivity contribution is -0.379. The highest BCUT2D eigenvalue weighted by Gasteiger charge is 2.53. The van der Waals surface area contributed by atoms with Crippen LogP contribution in [-0.2, 0) is 33.2 Å². The molecule has 0 bridgehead atoms. The zero-order valence-corrected chi connectivity index (χ0v) is 56.3. The van der Waals surface area contributed by atoms with Crippen LogP contribution in [0.3, 0.4) is 0 Å². The molecule has 91 heavy (non-hydrogen) atoms. The maximum absolute atomic E-state index is 13.4. The summed E-state index contributed by atoms with van der Waals surface area (Å²) >= 11 is 0. The Morgan fingerprint density at radius 3 is 1.13 bits per heavy atom. The lowest BCUT2D eigenvalue weighted by atomic mass is 9.96. The van der Waals surface area contributed by atoms with Gasteiger partial charge in [-0.1, -0.05) is 255 Å². The number of rotatable bonds is 56. The highest BCUT2D eigenvalue weighted by atomic mass is 16.8. The van der Waals surface area contributed by atoms with Crippen molar-refractivity contribution in [3.8, 4) is 0 Å². The molecule has 0 radical (unpaired) electrons. The van der Waals surface area contributed by atoms with Crippen LogP contribution < -0.4 is 5.32 Å². The maximum Gasteiger partial charge on any atom is 0.220 e. The molecule has 0 aromatic rings. The van der Waals surface area contributed by atoms with Crippen LogP contribution in [0.15, 0.2) is 48.6 Å². The van der Waals surface area contributed by atoms with E-state index in [4.69, 9.17) is 28.4 Å². The fourth-order valence-corrected chi connectivity index (χ4v) is 12.2. The predicted molar refractivity (Wildman–Crippen MR) is 356 cm³/mol. The van der Waals surface area contributed by atoms with Crippen molar-refractivity contribution in [1.29, 1.82) is 0 Å². The number of nitrogens with one attached hydrogen (secondary N) is 1. The number of hydrogen-bond donors (Lipinski definition) is 12. The zero-order chi connectivity index (χ0) is 66.1. The number of hydrogen-bond acceptors (Lipinski definition) is 18. The van der Waals surface area contributed by atoms with E-state index in [9.17, 15) is 61.0 Å². The predicted octanol–water partition coefficient (Wildman–Crippen LogP) is 10.2. The average Bonchev–Trinajstić information content (AvgIpc) is 0.871. The molecule has 1 amide bonds. The van der Waals surface area contributed by atoms with Gasteiger partial charge in [0, 0.05) is 6.42 Å². The number of allylic oxidation sites excluding steroid dienone is 7. The van der Waals surface area contributed by atoms with Gasteiger partial charge in [-0.3, -0.25) is 4.79 Å². The smallest absolute Gasteiger partial charge is 0.220 e. The molecule has 12 N–H and O–H groups in total. The second-order valence-electron chi connectivity index (χ2n) is 26.1. The SMILES string of the molecule is CCCCCCC/C=C\C/C=C\C/C=C\CCCCCCCCCCCCCCCCCCCCC(=O)NC(COC1OC(CO)C(OC2OC(CO)C(OC3OC(CO)C(O)C(O)C3O)C(O)C2O)C(O)C1O)C(O)/C=C/CCCCCCCCCCCCC. The molecule has 3 fully saturated rings. The molecule has 19 heteroatoms. The van der Waals surface area contributed by atoms with Crippen LogP contribution in [0.4, 0.5) is 0 Å². The average molecular weight is 1300 g/mol. The van der Waals surface area contributed by atoms with E-state index >= 15 is 0 Å². The van der Waals surface area contributed by atoms with E-state index in [-0.39, 0.29) is 18.9 Å². The summed E-state index contributed by atoms with van der Waals surface area (Å²) in [6.45, 7) is 1.72. The zero-order valence-electron chi connectivity index (χ0n) is 56.3. The van der Waals surface area contributed by atoms with Gasteiger partial charge in [0.2, 0.25) is 5.91 Å². The summed E-state index contributed by atoms with van der Waals surface area (Å²) in [4.78, 5) is 13.4. The molecule has 532 valence electrons. The minimum absolute atomic E-state index is 0.245. The number of ether oxygens (including phenoxy) is 6. The summed E-state index contributed by atoms with van der Waals surface area (Å²) in [5, 5.41) is 120. The van der Waals surface area contributed by atoms with Crippen molar-refractivity contribution in [1.82, 2.24) is 5.32 Å². The van der Waals surface area contributed by atoms with E-state index in [2.05, 4.69) is 55.6 Å². The summed E-state index contributed by atoms with van der Waals surface area (Å²) in [6, 6.07) is -0.972. The fourth-order valence-electron chi connectivity index (χ4n) is 12.2. The Balaban J connectivity index is 1.35. The van der Waals surface area contributed by atoms with Crippen molar-refractivity contribution in [2.24, 2.45) is 0 Å². The van der Waals surface area contributed by atoms with Gasteiger partial charge in [0.25, 0.3) is 0 Å². The minimum atomic E-state index is -1.98. The Morgan fingerprint density at radius 1 is 0.396 bits per heavy atom. The lowest BCUT2D eigenvalue weighted by Gasteiger charge is -2.48. The second-order valence-corrected chi connectivity index (χ2v) is 26.1. The van der Waals surface area contributed by atoms with Crippen molar-refractivity contribution in [2.45, 2.75) is 375 Å². The van der Waals surface area contributed by atoms with Crippen molar-refractivity contribution in [3.63, 3.8) is 0 Å². The van der Waals surface area contributed by atoms with Crippen LogP contribution in [-0.4, -0.2) is 193 Å². The van der Waals surface area contributed by atoms with Crippen LogP contribution in [0.1, 0.15) is 271 Å². The van der Waals surface area contributed by atoms with Crippen LogP contribution >= 0.6 is 0 Å². The van der Waals surface area contributed by atoms with Gasteiger partial charge in [-0.25, -0.2) is 0 Å². The number of aliphatic hydroxyl groups is 11. The van der Waals surface area contributed by atoms with Gasteiger partial charge in [-0.15, -0.1) is 0 Å². The van der Waals surface area contributed by atoms with Gasteiger partial charge in [0.15, 0.2) is 18.9 Å². The number of carbonyl (C=O) groups is 1. The minimum Gasteiger partial charge on any atom is -0.394 e. The van der Waals surface area contributed by atoms with Gasteiger partial charge in [-0.2, -0.15) is 0 Å². The van der Waals surface area contributed by atoms with Crippen molar-refractivity contribution in [2.75, 3.05) is 26.4 Å². The molecule has 3 saturated heterocycles. The van der Waals surface area contributed by atoms with Gasteiger partial charge < -0.3 is 89.9 Å². The Hall–Kier alpha value is -2.25. The molecule has 17 unspecified atom stereocenters. The Labute approximate surface area is 548 Å². The van der Waals surface area contributed by atoms with Gasteiger partial charge in [0.1, 0.15) is 73.2 Å². The van der Waals surface area contributed by atoms with E-state index in [0.29, 0.717) is 6.42 Å². The third-order valence-corrected chi connectivity index (χ3v) is 18.1. The molecule has 0 aromatic carbocycles. The van der Waals surface area contributed by atoms with E-state index < -0.39 is 124 Å². The van der Waals surface area contributed by atoms with Crippen molar-refractivity contribution in [3.05, 3.63) is 48.6 Å². The molecule has 19 nitrogen and oxygen atoms in total. The molecule has 3 heterocycles. The number of aliphatic hydroxyl groups excluding tert-OH is 11. The topological polar surface area (TPSA) is 307 Å². The fraction of sp³-hybridized carbons (Fsp3) is 0.875. The third kappa shape index (κ3) is 35.5. The first-order chi connectivity index (χ1) is 44.3. The second kappa shape index (κ2) is 53.8. The molecular formula is C72H131NO18. The first-order valence-electron chi connectivity index (χ1n) is 36.4. The highest BCUT2D eigenvalue weighted by Crippen LogP contribution is 2.33. The van der Waals surface area contributed by atoms with E-state index in [0.717, 1.165) is 57.8 Å². The molecule has 3 rings (SSSR count). The van der Waals surface area contributed by atoms with Crippen molar-refractivity contribution >= 4 is 5.91 Å². The molecule has 17 atom stereocenters. The van der Waals surface area contributed by atoms with Gasteiger partial charge >= 0.3 is 0 Å². The van der Waals surface area contributed by atoms with Crippen molar-refractivity contribution < 1.29 is 89.4 Å². The van der Waals surface area contributed by atoms with Crippen LogP contribution in [0, 0.1) is 0 Å². The molecule has 0 spiro atoms. The number of carbonyl (C=O) groups excluding carboxylic acids is 1. The molecule has 3 aliphatic rings. The molecule has 3 aliphatic heterocycles. The summed E-state index contributed by atoms with van der Waals surface area (Å²) in [5.41, 5.74) is 0. The normalized spacial score (nSPS) is 28.1. The first kappa shape index (κ1) is 83.0. The van der Waals surface area contributed by atoms with Gasteiger partial charge in [0.05, 0.1) is 38.6 Å². The summed E-state index contributed by atoms with van der Waals surface area (Å²) in [5.74, 6) is -0.274. The van der Waals surface area contributed by atoms with Crippen LogP contribution in [0.2, 0.25) is 0 Å². The van der Waals surface area contributed by atoms with E-state index in [1.807, 2.05) is 6.08 Å². The quantitative estimate of drug-likeness (QED) is 0.0199. The third-order valence-electron chi connectivity index (χ3n) is 18.1. The standard InChI is InChI=1S/C72H131NO18/c1-3-5-7-9-11-13-15-17-18-19-20-21-22-23-24-25-26-27-28-29-30-31-32-33-34-35-36-38-40-42-44-46-48-50-60(78)73-55(56(77)49-47-45-43-41-39-37-16-14-12-10-8-6-4-2)54-86-70-66(84)63(81)68(58(52-75)88-70)91-72-67(85)64(82)69(59(53-76)89-72)90-71-65(83)62(80)61(79)57(51-74)87-71/h15,17,19-20,22-23,47,49,55-59,61-72,74-77,79-85H,3-14,16,18,21,24-46,48,50-54H2,1-2H3,(H,73,78)/b17-15-,20-19-,23-22-,49-47+. The van der Waals surface area contributed by atoms with E-state index in [1.54, 1.807) is 6.08 Å². The Morgan fingerprint density at radius 2 is 0.725 bits per heavy atom. The number of unbranched alkanes of at least 4 members (excludes halogenated alkanes) is 34. The summed E-state index contributed by atoms with van der Waals surface area (Å²) < 4.78 is 34.3. The lowest BCUT2D eigenvalue weighted by Crippen LogP contribution is -2.66. The summed E-state index contributed by atoms with van der Waals surface area (Å²) in [7, 11) is 0. The molecule has 0 aliphatic carbocycles. The molecule has 0 aromatic heterocycles. The Kier molecular flexibility index (Phi) is 49.1. The molecule has 0 saturated carbocycles. The first-order valence-corrected chi connectivity index (χ1v) is 36.4. The summed E-state index contributed by atoms with van der Waals surface area (Å²) in [6.07, 6.45) is 38.2. The number of amides is 1. The van der Waals surface area contributed by atoms with Gasteiger partial charge in [-0.05, 0) is 57.8 Å². The van der Waals surface area contributed by atoms with Crippen LogP contribution in [0.25, 0.3) is 0 Å². The van der Waals surface area contributed by atoms with Crippen LogP contribution in [0.5, 0.6) is 0 Å². The Bertz CT molecular complexity index is 1840. The maximum atomic E-state index is 13.4. The highest BCUT2D eigenvalue weighted by molar-refractivity contribution is 5.76. The molecular weight excluding hydrogens is 1170 g/mol. The largest absolute Gasteiger partial charge is 0.394 e.